The normalized spacial score (nSPS) is 22.3. The molecule has 0 spiro atoms. The number of tetrazole rings is 1. The summed E-state index contributed by atoms with van der Waals surface area (Å²) in [5.41, 5.74) is 0.658. The molecule has 1 saturated heterocycles. The average Bonchev–Trinajstić information content (AvgIpc) is 3.50. The number of halogens is 1. The van der Waals surface area contributed by atoms with Crippen LogP contribution in [0.4, 0.5) is 0 Å². The Kier molecular flexibility index (Phi) is 6.39. The van der Waals surface area contributed by atoms with E-state index in [1.54, 1.807) is 0 Å². The Morgan fingerprint density at radius 2 is 1.90 bits per heavy atom. The Hall–Kier alpha value is -1.99. The molecule has 2 aliphatic rings. The molecule has 1 aliphatic carbocycles. The number of likely N-dealkylation sites (tertiary alicyclic amines) is 1. The summed E-state index contributed by atoms with van der Waals surface area (Å²) < 4.78 is 2.07. The highest BCUT2D eigenvalue weighted by Crippen LogP contribution is 2.39. The van der Waals surface area contributed by atoms with Crippen LogP contribution in [0.15, 0.2) is 24.3 Å². The van der Waals surface area contributed by atoms with E-state index in [1.807, 2.05) is 29.2 Å². The van der Waals surface area contributed by atoms with Crippen LogP contribution < -0.4 is 0 Å². The maximum Gasteiger partial charge on any atom is 0.227 e. The fourth-order valence-electron chi connectivity index (χ4n) is 5.20. The van der Waals surface area contributed by atoms with Gasteiger partial charge < -0.3 is 4.90 Å². The largest absolute Gasteiger partial charge is 0.340 e. The molecule has 0 radical (unpaired) electrons. The molecule has 1 saturated carbocycles. The topological polar surface area (TPSA) is 67.2 Å². The molecule has 1 unspecified atom stereocenters. The highest BCUT2D eigenvalue weighted by molar-refractivity contribution is 6.30. The minimum Gasteiger partial charge on any atom is -0.340 e. The maximum absolute atomic E-state index is 13.1. The van der Waals surface area contributed by atoms with Crippen molar-refractivity contribution in [1.29, 1.82) is 0 Å². The molecule has 7 nitrogen and oxygen atoms in total. The Bertz CT molecular complexity index is 859. The van der Waals surface area contributed by atoms with Crippen molar-refractivity contribution in [3.63, 3.8) is 0 Å². The van der Waals surface area contributed by atoms with Gasteiger partial charge in [0.25, 0.3) is 0 Å². The highest BCUT2D eigenvalue weighted by atomic mass is 35.5. The van der Waals surface area contributed by atoms with Crippen molar-refractivity contribution in [2.75, 3.05) is 26.2 Å². The summed E-state index contributed by atoms with van der Waals surface area (Å²) >= 11 is 5.98. The third kappa shape index (κ3) is 3.97. The number of likely N-dealkylation sites (N-methyl/N-ethyl adjacent to an activating group) is 1. The number of rotatable bonds is 7. The number of nitrogens with zero attached hydrogens (tertiary/aromatic N) is 6. The van der Waals surface area contributed by atoms with Crippen LogP contribution in [0.25, 0.3) is 0 Å². The van der Waals surface area contributed by atoms with Gasteiger partial charge in [0.05, 0.1) is 12.5 Å². The van der Waals surface area contributed by atoms with E-state index in [0.29, 0.717) is 24.0 Å². The van der Waals surface area contributed by atoms with Gasteiger partial charge in [-0.3, -0.25) is 9.69 Å². The smallest absolute Gasteiger partial charge is 0.227 e. The first-order chi connectivity index (χ1) is 14.6. The van der Waals surface area contributed by atoms with E-state index in [0.717, 1.165) is 50.3 Å². The molecule has 0 bridgehead atoms. The Morgan fingerprint density at radius 1 is 1.20 bits per heavy atom. The summed E-state index contributed by atoms with van der Waals surface area (Å²) in [5.74, 6) is 1.08. The molecule has 1 atom stereocenters. The molecule has 1 aromatic heterocycles. The van der Waals surface area contributed by atoms with Gasteiger partial charge in [0, 0.05) is 18.1 Å². The molecule has 30 heavy (non-hydrogen) atoms. The summed E-state index contributed by atoms with van der Waals surface area (Å²) in [6.45, 7) is 7.50. The van der Waals surface area contributed by atoms with Crippen molar-refractivity contribution < 1.29 is 4.79 Å². The molecule has 1 aromatic carbocycles. The fraction of sp³-hybridized carbons (Fsp3) is 0.636. The zero-order valence-corrected chi connectivity index (χ0v) is 18.7. The Morgan fingerprint density at radius 3 is 2.57 bits per heavy atom. The van der Waals surface area contributed by atoms with Crippen LogP contribution in [0.5, 0.6) is 0 Å². The zero-order chi connectivity index (χ0) is 21.1. The molecule has 4 rings (SSSR count). The van der Waals surface area contributed by atoms with E-state index in [1.165, 1.54) is 12.8 Å². The third-order valence-corrected chi connectivity index (χ3v) is 7.07. The summed E-state index contributed by atoms with van der Waals surface area (Å²) in [5, 5.41) is 13.7. The summed E-state index contributed by atoms with van der Waals surface area (Å²) in [6.07, 6.45) is 5.96. The van der Waals surface area contributed by atoms with E-state index in [4.69, 9.17) is 11.6 Å². The number of amides is 1. The van der Waals surface area contributed by atoms with E-state index < -0.39 is 0 Å². The Labute approximate surface area is 183 Å². The van der Waals surface area contributed by atoms with Crippen LogP contribution in [0.2, 0.25) is 5.02 Å². The van der Waals surface area contributed by atoms with Crippen LogP contribution in [0.1, 0.15) is 63.4 Å². The Balaban J connectivity index is 1.59. The van der Waals surface area contributed by atoms with Crippen molar-refractivity contribution in [1.82, 2.24) is 30.0 Å². The lowest BCUT2D eigenvalue weighted by atomic mass is 9.94. The number of hydrogen-bond donors (Lipinski definition) is 0. The standard InChI is InChI=1S/C22H31ClN6O/c1-3-28(4-2)22(21-24-25-26-29(21)19-7-5-6-8-19)13-14-27(16-22)20(30)15-17-9-11-18(23)12-10-17/h9-12,19H,3-8,13-16H2,1-2H3. The van der Waals surface area contributed by atoms with Crippen LogP contribution in [0, 0.1) is 0 Å². The van der Waals surface area contributed by atoms with Gasteiger partial charge in [-0.05, 0) is 60.5 Å². The van der Waals surface area contributed by atoms with E-state index in [9.17, 15) is 4.79 Å². The molecule has 2 fully saturated rings. The molecular formula is C22H31ClN6O. The summed E-state index contributed by atoms with van der Waals surface area (Å²) in [4.78, 5) is 17.5. The average molecular weight is 431 g/mol. The summed E-state index contributed by atoms with van der Waals surface area (Å²) in [7, 11) is 0. The van der Waals surface area contributed by atoms with Gasteiger partial charge in [-0.2, -0.15) is 0 Å². The first-order valence-corrected chi connectivity index (χ1v) is 11.5. The number of aromatic nitrogens is 4. The van der Waals surface area contributed by atoms with Gasteiger partial charge in [0.2, 0.25) is 5.91 Å². The number of benzene rings is 1. The minimum absolute atomic E-state index is 0.145. The van der Waals surface area contributed by atoms with Gasteiger partial charge in [0.15, 0.2) is 5.82 Å². The van der Waals surface area contributed by atoms with E-state index in [-0.39, 0.29) is 11.4 Å². The van der Waals surface area contributed by atoms with Gasteiger partial charge in [-0.1, -0.05) is 50.4 Å². The molecule has 2 aromatic rings. The lowest BCUT2D eigenvalue weighted by Gasteiger charge is -2.39. The number of carbonyl (C=O) groups excluding carboxylic acids is 1. The predicted molar refractivity (Wildman–Crippen MR) is 116 cm³/mol. The predicted octanol–water partition coefficient (Wildman–Crippen LogP) is 3.45. The second kappa shape index (κ2) is 9.02. The van der Waals surface area contributed by atoms with Gasteiger partial charge in [-0.15, -0.1) is 5.10 Å². The van der Waals surface area contributed by atoms with E-state index >= 15 is 0 Å². The van der Waals surface area contributed by atoms with Crippen molar-refractivity contribution in [3.8, 4) is 0 Å². The van der Waals surface area contributed by atoms with Crippen molar-refractivity contribution in [3.05, 3.63) is 40.7 Å². The summed E-state index contributed by atoms with van der Waals surface area (Å²) in [6, 6.07) is 7.90. The molecule has 1 amide bonds. The second-order valence-electron chi connectivity index (χ2n) is 8.46. The van der Waals surface area contributed by atoms with Crippen molar-refractivity contribution in [2.45, 2.75) is 64.0 Å². The lowest BCUT2D eigenvalue weighted by Crippen LogP contribution is -2.50. The van der Waals surface area contributed by atoms with Crippen LogP contribution >= 0.6 is 11.6 Å². The first-order valence-electron chi connectivity index (χ1n) is 11.1. The second-order valence-corrected chi connectivity index (χ2v) is 8.89. The van der Waals surface area contributed by atoms with Crippen LogP contribution in [-0.2, 0) is 16.8 Å². The van der Waals surface area contributed by atoms with Gasteiger partial charge >= 0.3 is 0 Å². The van der Waals surface area contributed by atoms with Crippen LogP contribution in [-0.4, -0.2) is 62.1 Å². The minimum atomic E-state index is -0.328. The first kappa shape index (κ1) is 21.2. The molecule has 162 valence electrons. The fourth-order valence-corrected chi connectivity index (χ4v) is 5.33. The SMILES string of the molecule is CCN(CC)C1(c2nnnn2C2CCCC2)CCN(C(=O)Cc2ccc(Cl)cc2)C1. The van der Waals surface area contributed by atoms with Gasteiger partial charge in [0.1, 0.15) is 5.54 Å². The van der Waals surface area contributed by atoms with Crippen LogP contribution in [0.3, 0.4) is 0 Å². The molecule has 0 N–H and O–H groups in total. The molecule has 2 heterocycles. The lowest BCUT2D eigenvalue weighted by molar-refractivity contribution is -0.130. The van der Waals surface area contributed by atoms with Gasteiger partial charge in [-0.25, -0.2) is 4.68 Å². The molecular weight excluding hydrogens is 400 g/mol. The van der Waals surface area contributed by atoms with E-state index in [2.05, 4.69) is 39.0 Å². The maximum atomic E-state index is 13.1. The highest BCUT2D eigenvalue weighted by Gasteiger charge is 2.49. The quantitative estimate of drug-likeness (QED) is 0.673. The zero-order valence-electron chi connectivity index (χ0n) is 17.9. The number of hydrogen-bond acceptors (Lipinski definition) is 5. The molecule has 1 aliphatic heterocycles. The number of carbonyl (C=O) groups is 1. The van der Waals surface area contributed by atoms with Crippen molar-refractivity contribution >= 4 is 17.5 Å². The van der Waals surface area contributed by atoms with Crippen molar-refractivity contribution in [2.24, 2.45) is 0 Å². The third-order valence-electron chi connectivity index (χ3n) is 6.82. The monoisotopic (exact) mass is 430 g/mol. The molecule has 8 heteroatoms.